The number of rotatable bonds is 2. The van der Waals surface area contributed by atoms with Crippen molar-refractivity contribution in [1.82, 2.24) is 0 Å². The van der Waals surface area contributed by atoms with Crippen molar-refractivity contribution in [2.75, 3.05) is 0 Å². The van der Waals surface area contributed by atoms with Crippen molar-refractivity contribution in [3.05, 3.63) is 11.6 Å². The van der Waals surface area contributed by atoms with Gasteiger partial charge in [-0.3, -0.25) is 0 Å². The van der Waals surface area contributed by atoms with E-state index >= 15 is 0 Å². The molecule has 14 heavy (non-hydrogen) atoms. The SMILES string of the molecule is CC1=CC(C[C@H]2CCC(C)C2)C(C)C1. The Hall–Kier alpha value is -0.260. The van der Waals surface area contributed by atoms with E-state index in [0.717, 1.165) is 23.7 Å². The summed E-state index contributed by atoms with van der Waals surface area (Å²) < 4.78 is 0. The first-order chi connectivity index (χ1) is 6.65. The van der Waals surface area contributed by atoms with E-state index in [0.29, 0.717) is 0 Å². The van der Waals surface area contributed by atoms with Crippen molar-refractivity contribution in [2.24, 2.45) is 23.7 Å². The molecule has 0 aromatic carbocycles. The average Bonchev–Trinajstić information content (AvgIpc) is 2.61. The lowest BCUT2D eigenvalue weighted by molar-refractivity contribution is 0.348. The fraction of sp³-hybridized carbons (Fsp3) is 0.857. The molecule has 0 saturated heterocycles. The highest BCUT2D eigenvalue weighted by Gasteiger charge is 2.28. The van der Waals surface area contributed by atoms with Crippen LogP contribution in [0.5, 0.6) is 0 Å². The van der Waals surface area contributed by atoms with Crippen molar-refractivity contribution in [2.45, 2.75) is 52.9 Å². The van der Waals surface area contributed by atoms with Gasteiger partial charge in [0.2, 0.25) is 0 Å². The van der Waals surface area contributed by atoms with Crippen molar-refractivity contribution in [3.8, 4) is 0 Å². The Balaban J connectivity index is 1.85. The molecule has 0 bridgehead atoms. The van der Waals surface area contributed by atoms with Crippen molar-refractivity contribution >= 4 is 0 Å². The second kappa shape index (κ2) is 4.08. The molecule has 0 nitrogen and oxygen atoms in total. The van der Waals surface area contributed by atoms with Gasteiger partial charge < -0.3 is 0 Å². The Labute approximate surface area is 88.8 Å². The summed E-state index contributed by atoms with van der Waals surface area (Å²) in [6.45, 7) is 7.14. The molecule has 4 atom stereocenters. The molecule has 0 N–H and O–H groups in total. The summed E-state index contributed by atoms with van der Waals surface area (Å²) in [5.41, 5.74) is 1.63. The molecule has 0 spiro atoms. The summed E-state index contributed by atoms with van der Waals surface area (Å²) in [7, 11) is 0. The quantitative estimate of drug-likeness (QED) is 0.568. The molecule has 2 aliphatic carbocycles. The monoisotopic (exact) mass is 192 g/mol. The minimum atomic E-state index is 0.908. The van der Waals surface area contributed by atoms with Crippen molar-refractivity contribution in [3.63, 3.8) is 0 Å². The molecule has 1 fully saturated rings. The molecule has 2 aliphatic rings. The van der Waals surface area contributed by atoms with Gasteiger partial charge in [0.25, 0.3) is 0 Å². The van der Waals surface area contributed by atoms with Crippen LogP contribution in [0.1, 0.15) is 52.9 Å². The van der Waals surface area contributed by atoms with Gasteiger partial charge in [0.1, 0.15) is 0 Å². The van der Waals surface area contributed by atoms with Gasteiger partial charge in [0.05, 0.1) is 0 Å². The van der Waals surface area contributed by atoms with Crippen LogP contribution in [0, 0.1) is 23.7 Å². The summed E-state index contributed by atoms with van der Waals surface area (Å²) in [5, 5.41) is 0. The summed E-state index contributed by atoms with van der Waals surface area (Å²) in [4.78, 5) is 0. The van der Waals surface area contributed by atoms with E-state index in [1.807, 2.05) is 0 Å². The maximum atomic E-state index is 2.55. The Morgan fingerprint density at radius 2 is 2.07 bits per heavy atom. The smallest absolute Gasteiger partial charge is 0.0200 e. The summed E-state index contributed by atoms with van der Waals surface area (Å²) in [5.74, 6) is 3.87. The number of allylic oxidation sites excluding steroid dienone is 2. The molecule has 3 unspecified atom stereocenters. The van der Waals surface area contributed by atoms with Crippen LogP contribution >= 0.6 is 0 Å². The third-order valence-electron chi connectivity index (χ3n) is 4.28. The zero-order valence-electron chi connectivity index (χ0n) is 9.92. The lowest BCUT2D eigenvalue weighted by atomic mass is 9.87. The maximum absolute atomic E-state index is 2.55. The van der Waals surface area contributed by atoms with E-state index in [-0.39, 0.29) is 0 Å². The van der Waals surface area contributed by atoms with Crippen LogP contribution in [0.2, 0.25) is 0 Å². The average molecular weight is 192 g/mol. The van der Waals surface area contributed by atoms with E-state index in [9.17, 15) is 0 Å². The fourth-order valence-corrected chi connectivity index (χ4v) is 3.48. The summed E-state index contributed by atoms with van der Waals surface area (Å²) >= 11 is 0. The molecule has 0 heterocycles. The molecular formula is C14H24. The van der Waals surface area contributed by atoms with E-state index in [2.05, 4.69) is 26.8 Å². The number of hydrogen-bond donors (Lipinski definition) is 0. The van der Waals surface area contributed by atoms with Crippen molar-refractivity contribution in [1.29, 1.82) is 0 Å². The maximum Gasteiger partial charge on any atom is -0.0200 e. The second-order valence-electron chi connectivity index (χ2n) is 5.88. The predicted molar refractivity (Wildman–Crippen MR) is 62.2 cm³/mol. The molecule has 0 amide bonds. The largest absolute Gasteiger partial charge is 0.0822 e. The molecule has 0 aliphatic heterocycles. The van der Waals surface area contributed by atoms with Gasteiger partial charge >= 0.3 is 0 Å². The highest BCUT2D eigenvalue weighted by Crippen LogP contribution is 2.40. The lowest BCUT2D eigenvalue weighted by Crippen LogP contribution is -2.09. The van der Waals surface area contributed by atoms with Crippen LogP contribution in [0.4, 0.5) is 0 Å². The van der Waals surface area contributed by atoms with Gasteiger partial charge in [0, 0.05) is 0 Å². The molecule has 0 radical (unpaired) electrons. The molecule has 80 valence electrons. The van der Waals surface area contributed by atoms with Crippen LogP contribution in [-0.2, 0) is 0 Å². The van der Waals surface area contributed by atoms with Crippen LogP contribution in [0.3, 0.4) is 0 Å². The van der Waals surface area contributed by atoms with Crippen LogP contribution in [0.25, 0.3) is 0 Å². The first-order valence-corrected chi connectivity index (χ1v) is 6.32. The van der Waals surface area contributed by atoms with Crippen LogP contribution in [-0.4, -0.2) is 0 Å². The van der Waals surface area contributed by atoms with E-state index in [1.165, 1.54) is 32.1 Å². The zero-order chi connectivity index (χ0) is 10.1. The lowest BCUT2D eigenvalue weighted by Gasteiger charge is -2.18. The highest BCUT2D eigenvalue weighted by atomic mass is 14.3. The first-order valence-electron chi connectivity index (χ1n) is 6.32. The van der Waals surface area contributed by atoms with Gasteiger partial charge in [-0.2, -0.15) is 0 Å². The number of hydrogen-bond acceptors (Lipinski definition) is 0. The Bertz CT molecular complexity index is 226. The third-order valence-corrected chi connectivity index (χ3v) is 4.28. The third kappa shape index (κ3) is 2.21. The normalized spacial score (nSPS) is 42.9. The Morgan fingerprint density at radius 1 is 1.29 bits per heavy atom. The van der Waals surface area contributed by atoms with E-state index < -0.39 is 0 Å². The Morgan fingerprint density at radius 3 is 2.57 bits per heavy atom. The second-order valence-corrected chi connectivity index (χ2v) is 5.88. The summed E-state index contributed by atoms with van der Waals surface area (Å²) in [6, 6.07) is 0. The van der Waals surface area contributed by atoms with Gasteiger partial charge in [-0.1, -0.05) is 38.3 Å². The van der Waals surface area contributed by atoms with Crippen LogP contribution < -0.4 is 0 Å². The fourth-order valence-electron chi connectivity index (χ4n) is 3.48. The van der Waals surface area contributed by atoms with Gasteiger partial charge in [-0.15, -0.1) is 0 Å². The zero-order valence-corrected chi connectivity index (χ0v) is 9.92. The van der Waals surface area contributed by atoms with Gasteiger partial charge in [0.15, 0.2) is 0 Å². The topological polar surface area (TPSA) is 0 Å². The van der Waals surface area contributed by atoms with Gasteiger partial charge in [-0.05, 0) is 49.9 Å². The first kappa shape index (κ1) is 10.3. The molecule has 0 heteroatoms. The molecule has 0 aromatic heterocycles. The standard InChI is InChI=1S/C14H24/c1-10-4-5-13(7-10)9-14-8-11(2)6-12(14)3/h8,10,12-14H,4-7,9H2,1-3H3/t10?,12?,13-,14?/m0/s1. The summed E-state index contributed by atoms with van der Waals surface area (Å²) in [6.07, 6.45) is 9.85. The minimum absolute atomic E-state index is 0.908. The molecule has 2 rings (SSSR count). The van der Waals surface area contributed by atoms with Gasteiger partial charge in [-0.25, -0.2) is 0 Å². The highest BCUT2D eigenvalue weighted by molar-refractivity contribution is 5.10. The van der Waals surface area contributed by atoms with E-state index in [1.54, 1.807) is 5.57 Å². The molecular weight excluding hydrogens is 168 g/mol. The predicted octanol–water partition coefficient (Wildman–Crippen LogP) is 4.42. The van der Waals surface area contributed by atoms with Crippen LogP contribution in [0.15, 0.2) is 11.6 Å². The molecule has 0 aromatic rings. The van der Waals surface area contributed by atoms with Crippen molar-refractivity contribution < 1.29 is 0 Å². The molecule has 1 saturated carbocycles. The van der Waals surface area contributed by atoms with E-state index in [4.69, 9.17) is 0 Å². The minimum Gasteiger partial charge on any atom is -0.0822 e. The Kier molecular flexibility index (Phi) is 2.99.